The second kappa shape index (κ2) is 12.4. The molecule has 0 aliphatic heterocycles. The molecule has 0 aliphatic rings. The summed E-state index contributed by atoms with van der Waals surface area (Å²) in [6, 6.07) is -1.05. The van der Waals surface area contributed by atoms with Crippen LogP contribution in [0.1, 0.15) is 85.0 Å². The topological polar surface area (TPSA) is 66.4 Å². The zero-order valence-electron chi connectivity index (χ0n) is 18.1. The van der Waals surface area contributed by atoms with Gasteiger partial charge in [-0.05, 0) is 26.8 Å². The number of carboxylic acid groups (broad SMARTS) is 1. The van der Waals surface area contributed by atoms with Crippen LogP contribution >= 0.6 is 0 Å². The zero-order valence-corrected chi connectivity index (χ0v) is 18.1. The average Bonchev–Trinajstić information content (AvgIpc) is 2.50. The summed E-state index contributed by atoms with van der Waals surface area (Å²) in [4.78, 5) is 24.2. The molecule has 154 valence electrons. The number of quaternary nitrogens is 1. The van der Waals surface area contributed by atoms with Crippen LogP contribution in [0.15, 0.2) is 0 Å². The quantitative estimate of drug-likeness (QED) is 0.244. The number of ketones is 1. The summed E-state index contributed by atoms with van der Waals surface area (Å²) in [7, 11) is 5.24. The minimum Gasteiger partial charge on any atom is -0.476 e. The van der Waals surface area contributed by atoms with Crippen molar-refractivity contribution in [1.29, 1.82) is 0 Å². The average molecular weight is 372 g/mol. The molecule has 0 aromatic carbocycles. The smallest absolute Gasteiger partial charge is 0.370 e. The van der Waals surface area contributed by atoms with Gasteiger partial charge in [0.05, 0.1) is 26.7 Å². The molecule has 0 spiro atoms. The van der Waals surface area contributed by atoms with Crippen LogP contribution in [0, 0.1) is 0 Å². The number of carbonyl (C=O) groups excluding carboxylic acids is 1. The Bertz CT molecular complexity index is 414. The number of unbranched alkanes of at least 4 members (excludes halogenated alkanes) is 9. The molecule has 0 saturated carbocycles. The van der Waals surface area contributed by atoms with Gasteiger partial charge in [0, 0.05) is 0 Å². The molecule has 0 heterocycles. The Hall–Kier alpha value is -0.940. The summed E-state index contributed by atoms with van der Waals surface area (Å²) in [6.07, 6.45) is 12.8. The standard InChI is InChI=1S/C21H42N2O3/c1-7-8-9-10-11-12-13-14-15-16-17-22-21(2,3)19(24)18(20(25)26)23(4,5)6/h18,22H,7-17H2,1-6H3/p+1. The van der Waals surface area contributed by atoms with E-state index in [2.05, 4.69) is 12.2 Å². The normalized spacial score (nSPS) is 13.6. The molecular weight excluding hydrogens is 328 g/mol. The van der Waals surface area contributed by atoms with Crippen LogP contribution in [0.4, 0.5) is 0 Å². The first-order chi connectivity index (χ1) is 12.0. The van der Waals surface area contributed by atoms with Crippen molar-refractivity contribution in [1.82, 2.24) is 5.32 Å². The number of carbonyl (C=O) groups is 2. The van der Waals surface area contributed by atoms with Crippen LogP contribution in [0.3, 0.4) is 0 Å². The highest BCUT2D eigenvalue weighted by Crippen LogP contribution is 2.15. The second-order valence-corrected chi connectivity index (χ2v) is 8.96. The SMILES string of the molecule is CCCCCCCCCCCCNC(C)(C)C(=O)C(C(=O)O)[N+](C)(C)C. The van der Waals surface area contributed by atoms with Gasteiger partial charge in [-0.3, -0.25) is 4.79 Å². The van der Waals surface area contributed by atoms with Gasteiger partial charge in [-0.2, -0.15) is 0 Å². The van der Waals surface area contributed by atoms with Crippen LogP contribution in [0.5, 0.6) is 0 Å². The van der Waals surface area contributed by atoms with Crippen molar-refractivity contribution < 1.29 is 19.2 Å². The van der Waals surface area contributed by atoms with Crippen LogP contribution in [-0.4, -0.2) is 60.6 Å². The molecule has 0 saturated heterocycles. The number of likely N-dealkylation sites (N-methyl/N-ethyl adjacent to an activating group) is 1. The van der Waals surface area contributed by atoms with Gasteiger partial charge in [0.1, 0.15) is 0 Å². The first-order valence-electron chi connectivity index (χ1n) is 10.4. The summed E-state index contributed by atoms with van der Waals surface area (Å²) in [5.74, 6) is -1.32. The minimum atomic E-state index is -1.06. The molecule has 1 unspecified atom stereocenters. The number of rotatable bonds is 16. The predicted molar refractivity (Wildman–Crippen MR) is 108 cm³/mol. The van der Waals surface area contributed by atoms with Gasteiger partial charge >= 0.3 is 5.97 Å². The van der Waals surface area contributed by atoms with E-state index in [-0.39, 0.29) is 10.3 Å². The van der Waals surface area contributed by atoms with E-state index < -0.39 is 17.6 Å². The van der Waals surface area contributed by atoms with Gasteiger partial charge in [-0.1, -0.05) is 64.7 Å². The van der Waals surface area contributed by atoms with Crippen LogP contribution < -0.4 is 5.32 Å². The van der Waals surface area contributed by atoms with Gasteiger partial charge in [0.25, 0.3) is 0 Å². The summed E-state index contributed by atoms with van der Waals surface area (Å²) in [5.41, 5.74) is -0.826. The fraction of sp³-hybridized carbons (Fsp3) is 0.905. The monoisotopic (exact) mass is 371 g/mol. The molecule has 0 radical (unpaired) electrons. The molecule has 2 N–H and O–H groups in total. The Morgan fingerprint density at radius 2 is 1.31 bits per heavy atom. The van der Waals surface area contributed by atoms with Crippen molar-refractivity contribution in [3.63, 3.8) is 0 Å². The maximum Gasteiger partial charge on any atom is 0.370 e. The molecule has 0 aromatic heterocycles. The zero-order chi connectivity index (χ0) is 20.2. The van der Waals surface area contributed by atoms with E-state index in [1.807, 2.05) is 0 Å². The molecule has 5 nitrogen and oxygen atoms in total. The lowest BCUT2D eigenvalue weighted by Crippen LogP contribution is -2.62. The fourth-order valence-corrected chi connectivity index (χ4v) is 3.24. The van der Waals surface area contributed by atoms with Gasteiger partial charge in [0.2, 0.25) is 11.8 Å². The third kappa shape index (κ3) is 10.3. The maximum absolute atomic E-state index is 12.7. The number of hydrogen-bond donors (Lipinski definition) is 2. The van der Waals surface area contributed by atoms with Crippen LogP contribution in [0.25, 0.3) is 0 Å². The van der Waals surface area contributed by atoms with E-state index in [0.29, 0.717) is 0 Å². The lowest BCUT2D eigenvalue weighted by atomic mass is 9.91. The second-order valence-electron chi connectivity index (χ2n) is 8.96. The first-order valence-corrected chi connectivity index (χ1v) is 10.4. The van der Waals surface area contributed by atoms with Crippen molar-refractivity contribution in [3.05, 3.63) is 0 Å². The third-order valence-electron chi connectivity index (χ3n) is 4.97. The number of nitrogens with one attached hydrogen (secondary N) is 1. The number of hydrogen-bond acceptors (Lipinski definition) is 3. The Kier molecular flexibility index (Phi) is 12.0. The Balaban J connectivity index is 4.03. The van der Waals surface area contributed by atoms with Crippen molar-refractivity contribution in [2.75, 3.05) is 27.7 Å². The van der Waals surface area contributed by atoms with E-state index in [9.17, 15) is 14.7 Å². The molecule has 0 bridgehead atoms. The number of Topliss-reactive ketones (excluding diaryl/α,β-unsaturated/α-hetero) is 1. The molecule has 26 heavy (non-hydrogen) atoms. The minimum absolute atomic E-state index is 0.0948. The predicted octanol–water partition coefficient (Wildman–Crippen LogP) is 4.00. The Labute approximate surface area is 161 Å². The molecular formula is C21H43N2O3+. The summed E-state index contributed by atoms with van der Waals surface area (Å²) < 4.78 is 0.0948. The number of carboxylic acids is 1. The lowest BCUT2D eigenvalue weighted by Gasteiger charge is -2.35. The Morgan fingerprint density at radius 1 is 0.885 bits per heavy atom. The molecule has 0 aliphatic carbocycles. The van der Waals surface area contributed by atoms with Crippen LogP contribution in [-0.2, 0) is 9.59 Å². The highest BCUT2D eigenvalue weighted by atomic mass is 16.4. The highest BCUT2D eigenvalue weighted by molar-refractivity contribution is 6.05. The summed E-state index contributed by atoms with van der Waals surface area (Å²) in [5, 5.41) is 12.7. The van der Waals surface area contributed by atoms with E-state index >= 15 is 0 Å². The largest absolute Gasteiger partial charge is 0.476 e. The number of aliphatic carboxylic acids is 1. The van der Waals surface area contributed by atoms with E-state index in [1.54, 1.807) is 35.0 Å². The summed E-state index contributed by atoms with van der Waals surface area (Å²) in [6.45, 7) is 6.57. The first kappa shape index (κ1) is 25.1. The third-order valence-corrected chi connectivity index (χ3v) is 4.97. The van der Waals surface area contributed by atoms with Gasteiger partial charge in [0.15, 0.2) is 0 Å². The molecule has 0 amide bonds. The van der Waals surface area contributed by atoms with Crippen molar-refractivity contribution >= 4 is 11.8 Å². The van der Waals surface area contributed by atoms with E-state index in [1.165, 1.54) is 51.4 Å². The molecule has 0 rings (SSSR count). The maximum atomic E-state index is 12.7. The Morgan fingerprint density at radius 3 is 1.69 bits per heavy atom. The number of nitrogens with zero attached hydrogens (tertiary/aromatic N) is 1. The molecule has 1 atom stereocenters. The van der Waals surface area contributed by atoms with Gasteiger partial charge in [-0.25, -0.2) is 4.79 Å². The van der Waals surface area contributed by atoms with Crippen LogP contribution in [0.2, 0.25) is 0 Å². The fourth-order valence-electron chi connectivity index (χ4n) is 3.24. The van der Waals surface area contributed by atoms with Crippen molar-refractivity contribution in [3.8, 4) is 0 Å². The van der Waals surface area contributed by atoms with Gasteiger partial charge < -0.3 is 14.9 Å². The lowest BCUT2D eigenvalue weighted by molar-refractivity contribution is -0.878. The molecule has 0 aromatic rings. The van der Waals surface area contributed by atoms with E-state index in [0.717, 1.165) is 19.4 Å². The highest BCUT2D eigenvalue weighted by Gasteiger charge is 2.45. The summed E-state index contributed by atoms with van der Waals surface area (Å²) >= 11 is 0. The van der Waals surface area contributed by atoms with Crippen molar-refractivity contribution in [2.45, 2.75) is 96.6 Å². The van der Waals surface area contributed by atoms with E-state index in [4.69, 9.17) is 0 Å². The van der Waals surface area contributed by atoms with Gasteiger partial charge in [-0.15, -0.1) is 0 Å². The van der Waals surface area contributed by atoms with Crippen molar-refractivity contribution in [2.24, 2.45) is 0 Å². The molecule has 0 fully saturated rings. The molecule has 5 heteroatoms.